The zero-order valence-corrected chi connectivity index (χ0v) is 15.3. The molecule has 0 heterocycles. The first-order chi connectivity index (χ1) is 11.1. The highest BCUT2D eigenvalue weighted by Gasteiger charge is 2.14. The second-order valence-electron chi connectivity index (χ2n) is 6.02. The molecular weight excluding hydrogens is 308 g/mol. The predicted octanol–water partition coefficient (Wildman–Crippen LogP) is 6.11. The number of hydrogen-bond acceptors (Lipinski definition) is 2. The van der Waals surface area contributed by atoms with Gasteiger partial charge in [-0.3, -0.25) is 0 Å². The molecule has 0 bridgehead atoms. The summed E-state index contributed by atoms with van der Waals surface area (Å²) in [5.41, 5.74) is 1.18. The average Bonchev–Trinajstić information content (AvgIpc) is 2.56. The average molecular weight is 335 g/mol. The van der Waals surface area contributed by atoms with Crippen molar-refractivity contribution in [2.24, 2.45) is 0 Å². The highest BCUT2D eigenvalue weighted by Crippen LogP contribution is 2.30. The van der Waals surface area contributed by atoms with Gasteiger partial charge in [0.1, 0.15) is 17.6 Å². The molecule has 2 rings (SSSR count). The Morgan fingerprint density at radius 2 is 1.91 bits per heavy atom. The number of unbranched alkanes of at least 4 members (excludes halogenated alkanes) is 1. The van der Waals surface area contributed by atoms with Gasteiger partial charge in [-0.1, -0.05) is 32.4 Å². The van der Waals surface area contributed by atoms with Crippen LogP contribution < -0.4 is 9.47 Å². The Hall–Kier alpha value is -1.41. The Labute approximate surface area is 144 Å². The van der Waals surface area contributed by atoms with Crippen LogP contribution in [0.3, 0.4) is 0 Å². The normalized spacial score (nSPS) is 13.8. The van der Waals surface area contributed by atoms with E-state index in [4.69, 9.17) is 21.1 Å². The van der Waals surface area contributed by atoms with Gasteiger partial charge in [-0.25, -0.2) is 0 Å². The fourth-order valence-corrected chi connectivity index (χ4v) is 2.67. The minimum Gasteiger partial charge on any atom is -0.493 e. The first-order valence-corrected chi connectivity index (χ1v) is 8.97. The van der Waals surface area contributed by atoms with Crippen LogP contribution in [0.2, 0.25) is 0 Å². The van der Waals surface area contributed by atoms with Crippen molar-refractivity contribution >= 4 is 22.4 Å². The standard InChI is InChI=1S/C20H27ClO2/c1-5-7-12-22-20-11-8-16-13-17(9-10-18(16)14(20)3)23-15(4)19(21)6-2/h8-11,13,15,19H,5-7,12H2,1-4H3. The SMILES string of the molecule is CCCCOc1ccc2cc(OC(C)C(Cl)CC)ccc2c1C. The smallest absolute Gasteiger partial charge is 0.122 e. The molecule has 2 atom stereocenters. The van der Waals surface area contributed by atoms with Gasteiger partial charge in [-0.2, -0.15) is 0 Å². The molecule has 0 aliphatic rings. The first kappa shape index (κ1) is 17.9. The zero-order valence-electron chi connectivity index (χ0n) is 14.6. The number of rotatable bonds is 8. The van der Waals surface area contributed by atoms with Gasteiger partial charge in [0.2, 0.25) is 0 Å². The lowest BCUT2D eigenvalue weighted by Gasteiger charge is -2.19. The second-order valence-corrected chi connectivity index (χ2v) is 6.58. The third kappa shape index (κ3) is 4.54. The molecule has 2 aromatic rings. The largest absolute Gasteiger partial charge is 0.493 e. The quantitative estimate of drug-likeness (QED) is 0.428. The zero-order chi connectivity index (χ0) is 16.8. The lowest BCUT2D eigenvalue weighted by molar-refractivity contribution is 0.214. The topological polar surface area (TPSA) is 18.5 Å². The second kappa shape index (κ2) is 8.44. The molecule has 0 radical (unpaired) electrons. The van der Waals surface area contributed by atoms with E-state index in [0.29, 0.717) is 0 Å². The molecular formula is C20H27ClO2. The van der Waals surface area contributed by atoms with Crippen LogP contribution in [0.25, 0.3) is 10.8 Å². The molecule has 23 heavy (non-hydrogen) atoms. The van der Waals surface area contributed by atoms with Crippen molar-refractivity contribution in [2.75, 3.05) is 6.61 Å². The molecule has 0 saturated carbocycles. The van der Waals surface area contributed by atoms with E-state index in [9.17, 15) is 0 Å². The lowest BCUT2D eigenvalue weighted by Crippen LogP contribution is -2.23. The summed E-state index contributed by atoms with van der Waals surface area (Å²) in [6.07, 6.45) is 3.12. The number of halogens is 1. The number of aryl methyl sites for hydroxylation is 1. The summed E-state index contributed by atoms with van der Waals surface area (Å²) < 4.78 is 11.8. The van der Waals surface area contributed by atoms with E-state index in [-0.39, 0.29) is 11.5 Å². The van der Waals surface area contributed by atoms with E-state index in [1.807, 2.05) is 13.0 Å². The van der Waals surface area contributed by atoms with Gasteiger partial charge < -0.3 is 9.47 Å². The number of ether oxygens (including phenoxy) is 2. The molecule has 2 aromatic carbocycles. The summed E-state index contributed by atoms with van der Waals surface area (Å²) in [5, 5.41) is 2.40. The molecule has 0 spiro atoms. The molecule has 0 fully saturated rings. The molecule has 2 nitrogen and oxygen atoms in total. The minimum absolute atomic E-state index is 0.00290. The summed E-state index contributed by atoms with van der Waals surface area (Å²) in [5.74, 6) is 1.84. The van der Waals surface area contributed by atoms with Crippen molar-refractivity contribution < 1.29 is 9.47 Å². The Bertz CT molecular complexity index is 639. The predicted molar refractivity (Wildman–Crippen MR) is 99.1 cm³/mol. The number of fused-ring (bicyclic) bond motifs is 1. The Balaban J connectivity index is 2.19. The van der Waals surface area contributed by atoms with E-state index in [2.05, 4.69) is 45.0 Å². The molecule has 0 aliphatic heterocycles. The van der Waals surface area contributed by atoms with Crippen LogP contribution in [0.5, 0.6) is 11.5 Å². The first-order valence-electron chi connectivity index (χ1n) is 8.53. The Morgan fingerprint density at radius 3 is 2.61 bits per heavy atom. The van der Waals surface area contributed by atoms with Gasteiger partial charge in [-0.15, -0.1) is 11.6 Å². The van der Waals surface area contributed by atoms with Crippen LogP contribution in [0, 0.1) is 6.92 Å². The Morgan fingerprint density at radius 1 is 1.13 bits per heavy atom. The van der Waals surface area contributed by atoms with E-state index in [0.717, 1.165) is 42.8 Å². The summed E-state index contributed by atoms with van der Waals surface area (Å²) in [7, 11) is 0. The van der Waals surface area contributed by atoms with Gasteiger partial charge in [-0.05, 0) is 61.2 Å². The van der Waals surface area contributed by atoms with Gasteiger partial charge in [0.05, 0.1) is 12.0 Å². The number of hydrogen-bond donors (Lipinski definition) is 0. The van der Waals surface area contributed by atoms with Crippen LogP contribution in [-0.4, -0.2) is 18.1 Å². The minimum atomic E-state index is -0.00290. The third-order valence-corrected chi connectivity index (χ3v) is 4.85. The molecule has 2 unspecified atom stereocenters. The van der Waals surface area contributed by atoms with Crippen molar-refractivity contribution in [2.45, 2.75) is 58.4 Å². The Kier molecular flexibility index (Phi) is 6.59. The molecule has 0 aliphatic carbocycles. The van der Waals surface area contributed by atoms with Crippen LogP contribution in [0.15, 0.2) is 30.3 Å². The fraction of sp³-hybridized carbons (Fsp3) is 0.500. The summed E-state index contributed by atoms with van der Waals surface area (Å²) in [6, 6.07) is 10.3. The summed E-state index contributed by atoms with van der Waals surface area (Å²) >= 11 is 6.25. The van der Waals surface area contributed by atoms with Crippen molar-refractivity contribution in [3.63, 3.8) is 0 Å². The van der Waals surface area contributed by atoms with Gasteiger partial charge >= 0.3 is 0 Å². The molecule has 0 amide bonds. The van der Waals surface area contributed by atoms with E-state index in [1.54, 1.807) is 0 Å². The number of benzene rings is 2. The van der Waals surface area contributed by atoms with Crippen molar-refractivity contribution in [3.8, 4) is 11.5 Å². The maximum atomic E-state index is 6.25. The molecule has 0 N–H and O–H groups in total. The highest BCUT2D eigenvalue weighted by atomic mass is 35.5. The fourth-order valence-electron chi connectivity index (χ4n) is 2.62. The van der Waals surface area contributed by atoms with Crippen LogP contribution in [-0.2, 0) is 0 Å². The highest BCUT2D eigenvalue weighted by molar-refractivity contribution is 6.21. The van der Waals surface area contributed by atoms with Crippen LogP contribution in [0.4, 0.5) is 0 Å². The maximum absolute atomic E-state index is 6.25. The summed E-state index contributed by atoms with van der Waals surface area (Å²) in [6.45, 7) is 9.14. The molecule has 3 heteroatoms. The summed E-state index contributed by atoms with van der Waals surface area (Å²) in [4.78, 5) is 0. The van der Waals surface area contributed by atoms with Crippen LogP contribution in [0.1, 0.15) is 45.6 Å². The van der Waals surface area contributed by atoms with Crippen molar-refractivity contribution in [1.29, 1.82) is 0 Å². The molecule has 126 valence electrons. The van der Waals surface area contributed by atoms with Crippen molar-refractivity contribution in [1.82, 2.24) is 0 Å². The van der Waals surface area contributed by atoms with Gasteiger partial charge in [0.25, 0.3) is 0 Å². The maximum Gasteiger partial charge on any atom is 0.122 e. The van der Waals surface area contributed by atoms with E-state index in [1.165, 1.54) is 10.9 Å². The van der Waals surface area contributed by atoms with Gasteiger partial charge in [0, 0.05) is 0 Å². The van der Waals surface area contributed by atoms with Gasteiger partial charge in [0.15, 0.2) is 0 Å². The monoisotopic (exact) mass is 334 g/mol. The number of alkyl halides is 1. The lowest BCUT2D eigenvalue weighted by atomic mass is 10.0. The van der Waals surface area contributed by atoms with Crippen LogP contribution >= 0.6 is 11.6 Å². The third-order valence-electron chi connectivity index (χ3n) is 4.19. The van der Waals surface area contributed by atoms with E-state index < -0.39 is 0 Å². The molecule has 0 aromatic heterocycles. The van der Waals surface area contributed by atoms with Crippen molar-refractivity contribution in [3.05, 3.63) is 35.9 Å². The van der Waals surface area contributed by atoms with E-state index >= 15 is 0 Å². The molecule has 0 saturated heterocycles.